The zero-order chi connectivity index (χ0) is 37.2. The zero-order valence-electron chi connectivity index (χ0n) is 32.0. The van der Waals surface area contributed by atoms with Gasteiger partial charge in [-0.05, 0) is 42.4 Å². The highest BCUT2D eigenvalue weighted by atomic mass is 28.4. The van der Waals surface area contributed by atoms with Gasteiger partial charge in [-0.15, -0.1) is 0 Å². The number of esters is 1. The molecule has 288 valence electrons. The van der Waals surface area contributed by atoms with Gasteiger partial charge in [-0.3, -0.25) is 4.79 Å². The van der Waals surface area contributed by atoms with Crippen molar-refractivity contribution < 1.29 is 47.1 Å². The van der Waals surface area contributed by atoms with Gasteiger partial charge in [-0.1, -0.05) is 89.8 Å². The fourth-order valence-corrected chi connectivity index (χ4v) is 8.99. The second-order valence-corrected chi connectivity index (χ2v) is 19.7. The van der Waals surface area contributed by atoms with Crippen LogP contribution in [0.25, 0.3) is 10.4 Å². The Kier molecular flexibility index (Phi) is 15.8. The Balaban J connectivity index is 1.64. The number of hydrogen-bond acceptors (Lipinski definition) is 11. The molecule has 14 heteroatoms. The molecule has 0 bridgehead atoms. The Bertz CT molecular complexity index is 1270. The van der Waals surface area contributed by atoms with E-state index in [1.807, 2.05) is 30.3 Å². The Hall–Kier alpha value is -2.10. The highest BCUT2D eigenvalue weighted by molar-refractivity contribution is 6.74. The Morgan fingerprint density at radius 1 is 1.04 bits per heavy atom. The van der Waals surface area contributed by atoms with Gasteiger partial charge in [0.2, 0.25) is 0 Å². The van der Waals surface area contributed by atoms with Crippen molar-refractivity contribution in [3.8, 4) is 0 Å². The third kappa shape index (κ3) is 10.7. The summed E-state index contributed by atoms with van der Waals surface area (Å²) in [6.07, 6.45) is -2.01. The van der Waals surface area contributed by atoms with Gasteiger partial charge in [0.1, 0.15) is 37.1 Å². The highest BCUT2D eigenvalue weighted by Crippen LogP contribution is 2.46. The predicted octanol–water partition coefficient (Wildman–Crippen LogP) is 7.60. The molecule has 0 N–H and O–H groups in total. The van der Waals surface area contributed by atoms with Crippen LogP contribution in [0.3, 0.4) is 0 Å². The standard InChI is InChI=1S/C37H61N3O10Si/c1-10-12-19-42-27-21-30(46-28-23-45-35(49-32(27)28)26-17-15-14-16-18-26)48-33-29(22-44-25(5)41)47-36(50-51(8,9)37(6,7)24(3)4)31(39-40-38)34(33)43-20-13-11-2/h14-18,24,27-36H,10-13,19-23H2,1-9H3/t27-,28?,29?,30?,31-,32-,33+,34?,35?,36-/m0/s1. The second-order valence-electron chi connectivity index (χ2n) is 15.1. The summed E-state index contributed by atoms with van der Waals surface area (Å²) < 4.78 is 57.9. The smallest absolute Gasteiger partial charge is 0.302 e. The van der Waals surface area contributed by atoms with Gasteiger partial charge in [-0.25, -0.2) is 0 Å². The minimum atomic E-state index is -2.52. The van der Waals surface area contributed by atoms with Crippen molar-refractivity contribution in [1.82, 2.24) is 0 Å². The molecule has 0 amide bonds. The Labute approximate surface area is 305 Å². The molecule has 3 aliphatic heterocycles. The summed E-state index contributed by atoms with van der Waals surface area (Å²) in [6, 6.07) is 8.93. The molecular weight excluding hydrogens is 675 g/mol. The predicted molar refractivity (Wildman–Crippen MR) is 193 cm³/mol. The van der Waals surface area contributed by atoms with Crippen LogP contribution in [-0.2, 0) is 47.1 Å². The summed E-state index contributed by atoms with van der Waals surface area (Å²) in [4.78, 5) is 15.3. The molecule has 10 atom stereocenters. The van der Waals surface area contributed by atoms with Crippen molar-refractivity contribution in [1.29, 1.82) is 0 Å². The van der Waals surface area contributed by atoms with E-state index in [9.17, 15) is 10.3 Å². The molecule has 3 fully saturated rings. The van der Waals surface area contributed by atoms with Gasteiger partial charge in [0, 0.05) is 37.0 Å². The first kappa shape index (κ1) is 41.6. The molecule has 3 saturated heterocycles. The quantitative estimate of drug-likeness (QED) is 0.0369. The first-order valence-corrected chi connectivity index (χ1v) is 21.6. The first-order chi connectivity index (χ1) is 24.3. The lowest BCUT2D eigenvalue weighted by molar-refractivity contribution is -0.361. The van der Waals surface area contributed by atoms with E-state index in [0.717, 1.165) is 31.2 Å². The Morgan fingerprint density at radius 2 is 1.73 bits per heavy atom. The summed E-state index contributed by atoms with van der Waals surface area (Å²) in [6.45, 7) is 19.7. The fraction of sp³-hybridized carbons (Fsp3) is 0.811. The van der Waals surface area contributed by atoms with E-state index in [0.29, 0.717) is 25.6 Å². The minimum absolute atomic E-state index is 0.119. The van der Waals surface area contributed by atoms with Gasteiger partial charge in [0.05, 0.1) is 18.8 Å². The summed E-state index contributed by atoms with van der Waals surface area (Å²) in [7, 11) is -2.52. The molecule has 3 aliphatic rings. The van der Waals surface area contributed by atoms with Crippen molar-refractivity contribution in [2.75, 3.05) is 26.4 Å². The van der Waals surface area contributed by atoms with Gasteiger partial charge in [-0.2, -0.15) is 0 Å². The van der Waals surface area contributed by atoms with Gasteiger partial charge in [0.15, 0.2) is 27.2 Å². The van der Waals surface area contributed by atoms with Crippen LogP contribution in [0.5, 0.6) is 0 Å². The lowest BCUT2D eigenvalue weighted by atomic mass is 9.96. The number of hydrogen-bond donors (Lipinski definition) is 0. The van der Waals surface area contributed by atoms with Crippen LogP contribution in [0.4, 0.5) is 0 Å². The van der Waals surface area contributed by atoms with E-state index in [4.69, 9.17) is 42.3 Å². The third-order valence-electron chi connectivity index (χ3n) is 10.9. The molecular formula is C37H61N3O10Si. The average molecular weight is 736 g/mol. The second kappa shape index (κ2) is 19.3. The molecule has 0 saturated carbocycles. The van der Waals surface area contributed by atoms with E-state index in [2.05, 4.69) is 64.7 Å². The van der Waals surface area contributed by atoms with Crippen molar-refractivity contribution in [3.05, 3.63) is 46.3 Å². The number of ether oxygens (including phenoxy) is 8. The van der Waals surface area contributed by atoms with Gasteiger partial charge in [0.25, 0.3) is 0 Å². The number of nitrogens with zero attached hydrogens (tertiary/aromatic N) is 3. The number of azide groups is 1. The molecule has 5 unspecified atom stereocenters. The van der Waals surface area contributed by atoms with E-state index >= 15 is 0 Å². The van der Waals surface area contributed by atoms with Crippen LogP contribution < -0.4 is 0 Å². The molecule has 1 aromatic carbocycles. The number of rotatable bonds is 18. The summed E-state index contributed by atoms with van der Waals surface area (Å²) in [5.41, 5.74) is 10.7. The molecule has 0 aliphatic carbocycles. The van der Waals surface area contributed by atoms with Crippen LogP contribution >= 0.6 is 0 Å². The summed E-state index contributed by atoms with van der Waals surface area (Å²) in [5.74, 6) is -0.141. The average Bonchev–Trinajstić information content (AvgIpc) is 3.09. The van der Waals surface area contributed by atoms with Crippen LogP contribution in [0.2, 0.25) is 18.1 Å². The molecule has 0 aromatic heterocycles. The molecule has 51 heavy (non-hydrogen) atoms. The molecule has 3 heterocycles. The number of unbranched alkanes of at least 4 members (excludes halogenated alkanes) is 2. The topological polar surface area (TPSA) is 149 Å². The summed E-state index contributed by atoms with van der Waals surface area (Å²) >= 11 is 0. The Morgan fingerprint density at radius 3 is 2.35 bits per heavy atom. The monoisotopic (exact) mass is 735 g/mol. The first-order valence-electron chi connectivity index (χ1n) is 18.7. The maximum atomic E-state index is 12.1. The largest absolute Gasteiger partial charge is 0.463 e. The number of carbonyl (C=O) groups excluding carboxylic acids is 1. The van der Waals surface area contributed by atoms with Crippen molar-refractivity contribution >= 4 is 14.3 Å². The molecule has 13 nitrogen and oxygen atoms in total. The van der Waals surface area contributed by atoms with Gasteiger partial charge < -0.3 is 42.3 Å². The molecule has 0 spiro atoms. The molecule has 0 radical (unpaired) electrons. The van der Waals surface area contributed by atoms with Crippen LogP contribution in [0.1, 0.15) is 92.4 Å². The molecule has 1 aromatic rings. The number of carbonyl (C=O) groups is 1. The van der Waals surface area contributed by atoms with E-state index < -0.39 is 63.6 Å². The maximum Gasteiger partial charge on any atom is 0.302 e. The lowest BCUT2D eigenvalue weighted by Gasteiger charge is -2.51. The van der Waals surface area contributed by atoms with E-state index in [1.165, 1.54) is 6.92 Å². The van der Waals surface area contributed by atoms with Crippen molar-refractivity contribution in [2.24, 2.45) is 11.0 Å². The highest BCUT2D eigenvalue weighted by Gasteiger charge is 2.54. The van der Waals surface area contributed by atoms with E-state index in [-0.39, 0.29) is 30.5 Å². The third-order valence-corrected chi connectivity index (χ3v) is 15.4. The van der Waals surface area contributed by atoms with Crippen LogP contribution in [0.15, 0.2) is 35.4 Å². The summed E-state index contributed by atoms with van der Waals surface area (Å²) in [5, 5.41) is 4.06. The van der Waals surface area contributed by atoms with Crippen LogP contribution in [-0.4, -0.2) is 96.0 Å². The fourth-order valence-electron chi connectivity index (χ4n) is 6.52. The zero-order valence-corrected chi connectivity index (χ0v) is 33.0. The normalized spacial score (nSPS) is 31.5. The van der Waals surface area contributed by atoms with Crippen molar-refractivity contribution in [3.63, 3.8) is 0 Å². The van der Waals surface area contributed by atoms with E-state index in [1.54, 1.807) is 0 Å². The van der Waals surface area contributed by atoms with Crippen LogP contribution in [0, 0.1) is 5.92 Å². The maximum absolute atomic E-state index is 12.1. The number of benzene rings is 1. The molecule has 4 rings (SSSR count). The van der Waals surface area contributed by atoms with Crippen molar-refractivity contribution in [2.45, 2.75) is 160 Å². The SMILES string of the molecule is CCCCOC1[C@H](OC2C[C@H](OCCCC)[C@@H]3OC(c4ccccc4)OCC3O2)C(COC(C)=O)O[C@@H](O[Si](C)(C)C(C)(C)C(C)C)[C@H]1N=[N+]=[N-]. The lowest BCUT2D eigenvalue weighted by Crippen LogP contribution is -2.64. The number of fused-ring (bicyclic) bond motifs is 1. The minimum Gasteiger partial charge on any atom is -0.463 e. The van der Waals surface area contributed by atoms with Gasteiger partial charge >= 0.3 is 5.97 Å².